The number of alkyl halides is 3. The third-order valence-corrected chi connectivity index (χ3v) is 5.26. The molecule has 0 saturated carbocycles. The maximum absolute atomic E-state index is 14.3. The van der Waals surface area contributed by atoms with Gasteiger partial charge in [-0.3, -0.25) is 4.79 Å². The molecule has 0 aliphatic rings. The summed E-state index contributed by atoms with van der Waals surface area (Å²) in [6.07, 6.45) is 0.503. The summed E-state index contributed by atoms with van der Waals surface area (Å²) in [5.41, 5.74) is -0.418. The molecule has 3 rings (SSSR count). The van der Waals surface area contributed by atoms with Crippen LogP contribution in [0.5, 0.6) is 0 Å². The molecule has 0 aromatic carbocycles. The highest BCUT2D eigenvalue weighted by Crippen LogP contribution is 2.30. The number of H-pyrrole nitrogens is 1. The van der Waals surface area contributed by atoms with Gasteiger partial charge in [0.2, 0.25) is 5.91 Å². The SMILES string of the molecule is CC(C)C(C)(C=Nc1nc(-c2c[nH]c3ncc(Cl)cc23)ncc1F)C(=O)NCC(F)(F)F. The third kappa shape index (κ3) is 5.04. The number of nitrogens with one attached hydrogen (secondary N) is 2. The molecule has 1 unspecified atom stereocenters. The summed E-state index contributed by atoms with van der Waals surface area (Å²) in [5.74, 6) is -2.43. The normalized spacial score (nSPS) is 14.3. The van der Waals surface area contributed by atoms with Gasteiger partial charge in [-0.05, 0) is 18.9 Å². The Morgan fingerprint density at radius 1 is 1.31 bits per heavy atom. The Kier molecular flexibility index (Phi) is 6.49. The lowest BCUT2D eigenvalue weighted by Crippen LogP contribution is -2.46. The number of aliphatic imine (C=N–C) groups is 1. The van der Waals surface area contributed by atoms with Gasteiger partial charge in [-0.15, -0.1) is 0 Å². The predicted molar refractivity (Wildman–Crippen MR) is 112 cm³/mol. The van der Waals surface area contributed by atoms with Gasteiger partial charge in [0.1, 0.15) is 12.2 Å². The van der Waals surface area contributed by atoms with Crippen molar-refractivity contribution in [2.45, 2.75) is 26.9 Å². The molecule has 2 N–H and O–H groups in total. The number of halogens is 5. The Balaban J connectivity index is 1.95. The van der Waals surface area contributed by atoms with Crippen LogP contribution >= 0.6 is 11.6 Å². The van der Waals surface area contributed by atoms with Crippen LogP contribution in [0.25, 0.3) is 22.4 Å². The molecule has 0 spiro atoms. The van der Waals surface area contributed by atoms with Crippen molar-refractivity contribution >= 4 is 40.6 Å². The molecule has 3 heterocycles. The lowest BCUT2D eigenvalue weighted by Gasteiger charge is -2.28. The lowest BCUT2D eigenvalue weighted by molar-refractivity contribution is -0.143. The minimum absolute atomic E-state index is 0.127. The number of pyridine rings is 1. The molecule has 3 aromatic heterocycles. The summed E-state index contributed by atoms with van der Waals surface area (Å²) in [7, 11) is 0. The summed E-state index contributed by atoms with van der Waals surface area (Å²) in [5, 5.41) is 2.84. The predicted octanol–water partition coefficient (Wildman–Crippen LogP) is 4.86. The Labute approximate surface area is 185 Å². The van der Waals surface area contributed by atoms with E-state index in [2.05, 4.69) is 24.9 Å². The van der Waals surface area contributed by atoms with Gasteiger partial charge in [0.25, 0.3) is 0 Å². The van der Waals surface area contributed by atoms with Crippen molar-refractivity contribution in [2.75, 3.05) is 6.54 Å². The Bertz CT molecular complexity index is 1180. The van der Waals surface area contributed by atoms with Crippen LogP contribution in [0.3, 0.4) is 0 Å². The molecule has 32 heavy (non-hydrogen) atoms. The van der Waals surface area contributed by atoms with Crippen molar-refractivity contribution in [3.63, 3.8) is 0 Å². The molecular weight excluding hydrogens is 452 g/mol. The zero-order chi connectivity index (χ0) is 23.7. The van der Waals surface area contributed by atoms with E-state index < -0.39 is 35.8 Å². The first kappa shape index (κ1) is 23.6. The molecule has 1 amide bonds. The first-order valence-corrected chi connectivity index (χ1v) is 9.84. The average molecular weight is 471 g/mol. The van der Waals surface area contributed by atoms with E-state index in [1.165, 1.54) is 13.1 Å². The van der Waals surface area contributed by atoms with Gasteiger partial charge in [0, 0.05) is 29.6 Å². The van der Waals surface area contributed by atoms with Crippen LogP contribution in [0.15, 0.2) is 29.6 Å². The number of carbonyl (C=O) groups is 1. The van der Waals surface area contributed by atoms with E-state index in [9.17, 15) is 22.4 Å². The molecule has 0 aliphatic heterocycles. The maximum Gasteiger partial charge on any atom is 0.405 e. The van der Waals surface area contributed by atoms with E-state index in [1.807, 2.05) is 5.32 Å². The summed E-state index contributed by atoms with van der Waals surface area (Å²) in [6.45, 7) is 3.22. The Hall–Kier alpha value is -3.08. The number of aromatic nitrogens is 4. The number of hydrogen-bond donors (Lipinski definition) is 2. The first-order chi connectivity index (χ1) is 14.9. The topological polar surface area (TPSA) is 95.9 Å². The summed E-state index contributed by atoms with van der Waals surface area (Å²) in [4.78, 5) is 31.6. The number of amides is 1. The molecule has 0 saturated heterocycles. The van der Waals surface area contributed by atoms with Crippen molar-refractivity contribution < 1.29 is 22.4 Å². The maximum atomic E-state index is 14.3. The molecule has 1 atom stereocenters. The highest BCUT2D eigenvalue weighted by atomic mass is 35.5. The number of carbonyl (C=O) groups excluding carboxylic acids is 1. The van der Waals surface area contributed by atoms with E-state index in [0.29, 0.717) is 21.6 Å². The first-order valence-electron chi connectivity index (χ1n) is 9.46. The number of aromatic amines is 1. The van der Waals surface area contributed by atoms with Gasteiger partial charge in [-0.2, -0.15) is 13.2 Å². The van der Waals surface area contributed by atoms with Crippen LogP contribution in [-0.2, 0) is 4.79 Å². The molecule has 170 valence electrons. The number of hydrogen-bond acceptors (Lipinski definition) is 5. The molecule has 0 aliphatic carbocycles. The number of rotatable bonds is 6. The number of fused-ring (bicyclic) bond motifs is 1. The Morgan fingerprint density at radius 3 is 2.69 bits per heavy atom. The molecule has 3 aromatic rings. The zero-order valence-electron chi connectivity index (χ0n) is 17.3. The van der Waals surface area contributed by atoms with Gasteiger partial charge in [-0.25, -0.2) is 24.3 Å². The van der Waals surface area contributed by atoms with Crippen LogP contribution < -0.4 is 5.32 Å². The largest absolute Gasteiger partial charge is 0.405 e. The van der Waals surface area contributed by atoms with Crippen LogP contribution in [0.1, 0.15) is 20.8 Å². The monoisotopic (exact) mass is 470 g/mol. The third-order valence-electron chi connectivity index (χ3n) is 5.06. The van der Waals surface area contributed by atoms with Gasteiger partial charge in [0.05, 0.1) is 16.6 Å². The molecule has 12 heteroatoms. The van der Waals surface area contributed by atoms with Crippen molar-refractivity contribution in [1.29, 1.82) is 0 Å². The summed E-state index contributed by atoms with van der Waals surface area (Å²) >= 11 is 6.00. The van der Waals surface area contributed by atoms with E-state index in [4.69, 9.17) is 11.6 Å². The molecular formula is C20H19ClF4N6O. The molecule has 0 bridgehead atoms. The standard InChI is InChI=1S/C20H19ClF4N6O/c1-10(2)19(3,18(32)30-9-20(23,24)25)8-29-17-14(22)7-28-16(31-17)13-6-27-15-12(13)4-11(21)5-26-15/h4-8,10H,9H2,1-3H3,(H,26,27)(H,30,32). The van der Waals surface area contributed by atoms with Crippen LogP contribution in [-0.4, -0.2) is 44.8 Å². The van der Waals surface area contributed by atoms with E-state index in [-0.39, 0.29) is 11.6 Å². The van der Waals surface area contributed by atoms with E-state index in [1.54, 1.807) is 26.1 Å². The Morgan fingerprint density at radius 2 is 2.03 bits per heavy atom. The molecule has 7 nitrogen and oxygen atoms in total. The summed E-state index contributed by atoms with van der Waals surface area (Å²) in [6, 6.07) is 1.65. The fourth-order valence-electron chi connectivity index (χ4n) is 2.78. The average Bonchev–Trinajstić information content (AvgIpc) is 3.13. The van der Waals surface area contributed by atoms with Crippen molar-refractivity contribution in [2.24, 2.45) is 16.3 Å². The van der Waals surface area contributed by atoms with Crippen molar-refractivity contribution in [3.8, 4) is 11.4 Å². The van der Waals surface area contributed by atoms with Crippen molar-refractivity contribution in [3.05, 3.63) is 35.5 Å². The highest BCUT2D eigenvalue weighted by Gasteiger charge is 2.37. The number of nitrogens with zero attached hydrogens (tertiary/aromatic N) is 4. The highest BCUT2D eigenvalue weighted by molar-refractivity contribution is 6.31. The second kappa shape index (κ2) is 8.81. The van der Waals surface area contributed by atoms with Gasteiger partial charge in [-0.1, -0.05) is 25.4 Å². The minimum atomic E-state index is -4.56. The van der Waals surface area contributed by atoms with Crippen LogP contribution in [0, 0.1) is 17.2 Å². The van der Waals surface area contributed by atoms with Crippen LogP contribution in [0.2, 0.25) is 5.02 Å². The lowest BCUT2D eigenvalue weighted by atomic mass is 9.79. The fourth-order valence-corrected chi connectivity index (χ4v) is 2.94. The molecule has 0 fully saturated rings. The second-order valence-electron chi connectivity index (χ2n) is 7.61. The second-order valence-corrected chi connectivity index (χ2v) is 8.05. The summed E-state index contributed by atoms with van der Waals surface area (Å²) < 4.78 is 51.8. The fraction of sp³-hybridized carbons (Fsp3) is 0.350. The van der Waals surface area contributed by atoms with E-state index in [0.717, 1.165) is 12.4 Å². The van der Waals surface area contributed by atoms with Crippen molar-refractivity contribution in [1.82, 2.24) is 25.3 Å². The van der Waals surface area contributed by atoms with Gasteiger partial charge in [0.15, 0.2) is 17.5 Å². The minimum Gasteiger partial charge on any atom is -0.346 e. The van der Waals surface area contributed by atoms with Gasteiger partial charge < -0.3 is 10.3 Å². The van der Waals surface area contributed by atoms with Crippen LogP contribution in [0.4, 0.5) is 23.4 Å². The molecule has 0 radical (unpaired) electrons. The van der Waals surface area contributed by atoms with E-state index >= 15 is 0 Å². The van der Waals surface area contributed by atoms with Gasteiger partial charge >= 0.3 is 6.18 Å². The quantitative estimate of drug-likeness (QED) is 0.397. The smallest absolute Gasteiger partial charge is 0.346 e. The zero-order valence-corrected chi connectivity index (χ0v) is 18.0.